The molecule has 2 heterocycles. The molecule has 0 radical (unpaired) electrons. The van der Waals surface area contributed by atoms with Gasteiger partial charge in [0.15, 0.2) is 9.84 Å². The van der Waals surface area contributed by atoms with E-state index in [1.807, 2.05) is 43.3 Å². The fourth-order valence-corrected chi connectivity index (χ4v) is 6.22. The standard InChI is InChI=1S/C22H24O5S2/c1-15-10-17(27-14-22(24)6-8-29(25,26)9-7-22)3-4-18(15)20-13-28-21-5-2-16(12-23)11-19(20)21/h2-5,10-11,13,23-24H,6-9,12,14H2,1H3. The summed E-state index contributed by atoms with van der Waals surface area (Å²) in [6, 6.07) is 11.8. The summed E-state index contributed by atoms with van der Waals surface area (Å²) in [5.74, 6) is 0.668. The van der Waals surface area contributed by atoms with Crippen LogP contribution in [0.15, 0.2) is 41.8 Å². The van der Waals surface area contributed by atoms with E-state index in [2.05, 4.69) is 5.38 Å². The van der Waals surface area contributed by atoms with Crippen LogP contribution >= 0.6 is 11.3 Å². The van der Waals surface area contributed by atoms with Crippen LogP contribution in [0.25, 0.3) is 21.2 Å². The fraction of sp³-hybridized carbons (Fsp3) is 0.364. The highest BCUT2D eigenvalue weighted by molar-refractivity contribution is 7.91. The molecular formula is C22H24O5S2. The number of hydrogen-bond acceptors (Lipinski definition) is 6. The molecule has 0 aliphatic carbocycles. The van der Waals surface area contributed by atoms with Gasteiger partial charge in [0.05, 0.1) is 18.1 Å². The lowest BCUT2D eigenvalue weighted by atomic mass is 9.97. The molecule has 154 valence electrons. The van der Waals surface area contributed by atoms with Crippen molar-refractivity contribution in [2.45, 2.75) is 32.0 Å². The largest absolute Gasteiger partial charge is 0.491 e. The number of thiophene rings is 1. The molecule has 29 heavy (non-hydrogen) atoms. The minimum absolute atomic E-state index is 0.00584. The van der Waals surface area contributed by atoms with Crippen LogP contribution in [0.2, 0.25) is 0 Å². The van der Waals surface area contributed by atoms with Crippen molar-refractivity contribution in [1.29, 1.82) is 0 Å². The Morgan fingerprint density at radius 3 is 2.55 bits per heavy atom. The third kappa shape index (κ3) is 4.33. The van der Waals surface area contributed by atoms with Crippen molar-refractivity contribution in [3.05, 3.63) is 52.9 Å². The molecule has 1 aromatic heterocycles. The molecule has 1 fully saturated rings. The van der Waals surface area contributed by atoms with Crippen molar-refractivity contribution in [1.82, 2.24) is 0 Å². The van der Waals surface area contributed by atoms with Crippen LogP contribution in [0.5, 0.6) is 5.75 Å². The Morgan fingerprint density at radius 1 is 1.10 bits per heavy atom. The van der Waals surface area contributed by atoms with Crippen LogP contribution in [0.3, 0.4) is 0 Å². The number of aliphatic hydroxyl groups excluding tert-OH is 1. The molecule has 5 nitrogen and oxygen atoms in total. The molecule has 1 saturated heterocycles. The number of fused-ring (bicyclic) bond motifs is 1. The smallest absolute Gasteiger partial charge is 0.150 e. The second-order valence-electron chi connectivity index (χ2n) is 7.78. The van der Waals surface area contributed by atoms with E-state index in [1.54, 1.807) is 11.3 Å². The summed E-state index contributed by atoms with van der Waals surface area (Å²) in [6.45, 7) is 2.12. The second-order valence-corrected chi connectivity index (χ2v) is 11.0. The van der Waals surface area contributed by atoms with E-state index in [-0.39, 0.29) is 37.6 Å². The monoisotopic (exact) mass is 432 g/mol. The van der Waals surface area contributed by atoms with Crippen LogP contribution in [0, 0.1) is 6.92 Å². The third-order valence-electron chi connectivity index (χ3n) is 5.57. The maximum Gasteiger partial charge on any atom is 0.150 e. The first-order valence-corrected chi connectivity index (χ1v) is 12.3. The summed E-state index contributed by atoms with van der Waals surface area (Å²) in [5.41, 5.74) is 3.07. The van der Waals surface area contributed by atoms with E-state index in [0.29, 0.717) is 5.75 Å². The molecule has 0 saturated carbocycles. The Hall–Kier alpha value is -1.93. The van der Waals surface area contributed by atoms with Crippen molar-refractivity contribution < 1.29 is 23.4 Å². The van der Waals surface area contributed by atoms with Gasteiger partial charge in [0.2, 0.25) is 0 Å². The maximum absolute atomic E-state index is 11.6. The number of aliphatic hydroxyl groups is 2. The molecule has 1 aliphatic heterocycles. The number of benzene rings is 2. The van der Waals surface area contributed by atoms with Crippen LogP contribution in [-0.2, 0) is 16.4 Å². The van der Waals surface area contributed by atoms with Crippen molar-refractivity contribution >= 4 is 31.3 Å². The van der Waals surface area contributed by atoms with Crippen molar-refractivity contribution in [2.75, 3.05) is 18.1 Å². The van der Waals surface area contributed by atoms with Crippen molar-refractivity contribution in [3.8, 4) is 16.9 Å². The molecule has 2 N–H and O–H groups in total. The molecule has 0 spiro atoms. The van der Waals surface area contributed by atoms with Crippen molar-refractivity contribution in [2.24, 2.45) is 0 Å². The number of aryl methyl sites for hydroxylation is 1. The van der Waals surface area contributed by atoms with E-state index < -0.39 is 15.4 Å². The summed E-state index contributed by atoms with van der Waals surface area (Å²) in [7, 11) is -3.03. The molecule has 3 aromatic rings. The SMILES string of the molecule is Cc1cc(OCC2(O)CCS(=O)(=O)CC2)ccc1-c1csc2ccc(CO)cc12. The van der Waals surface area contributed by atoms with Gasteiger partial charge in [0, 0.05) is 15.6 Å². The van der Waals surface area contributed by atoms with Gasteiger partial charge in [0.25, 0.3) is 0 Å². The Kier molecular flexibility index (Phi) is 5.42. The van der Waals surface area contributed by atoms with E-state index in [1.165, 1.54) is 4.70 Å². The molecule has 0 amide bonds. The first-order chi connectivity index (χ1) is 13.8. The zero-order valence-electron chi connectivity index (χ0n) is 16.2. The van der Waals surface area contributed by atoms with Gasteiger partial charge in [-0.05, 0) is 66.1 Å². The van der Waals surface area contributed by atoms with Crippen LogP contribution in [0.4, 0.5) is 0 Å². The molecule has 2 aromatic carbocycles. The fourth-order valence-electron chi connectivity index (χ4n) is 3.69. The van der Waals surface area contributed by atoms with E-state index in [4.69, 9.17) is 4.74 Å². The Morgan fingerprint density at radius 2 is 1.86 bits per heavy atom. The Labute approximate surface area is 174 Å². The predicted octanol–water partition coefficient (Wildman–Crippen LogP) is 3.69. The molecule has 7 heteroatoms. The number of sulfone groups is 1. The Balaban J connectivity index is 1.53. The minimum Gasteiger partial charge on any atom is -0.491 e. The van der Waals surface area contributed by atoms with Crippen LogP contribution < -0.4 is 4.74 Å². The minimum atomic E-state index is -3.03. The highest BCUT2D eigenvalue weighted by Crippen LogP contribution is 2.37. The lowest BCUT2D eigenvalue weighted by Gasteiger charge is -2.31. The maximum atomic E-state index is 11.6. The number of rotatable bonds is 5. The molecular weight excluding hydrogens is 408 g/mol. The van der Waals surface area contributed by atoms with Crippen molar-refractivity contribution in [3.63, 3.8) is 0 Å². The van der Waals surface area contributed by atoms with Gasteiger partial charge in [-0.15, -0.1) is 11.3 Å². The third-order valence-corrected chi connectivity index (χ3v) is 8.19. The average Bonchev–Trinajstić information content (AvgIpc) is 3.12. The van der Waals surface area contributed by atoms with Crippen LogP contribution in [-0.4, -0.2) is 42.3 Å². The van der Waals surface area contributed by atoms with Gasteiger partial charge in [-0.2, -0.15) is 0 Å². The summed E-state index contributed by atoms with van der Waals surface area (Å²) in [5, 5.41) is 23.3. The quantitative estimate of drug-likeness (QED) is 0.642. The summed E-state index contributed by atoms with van der Waals surface area (Å²) in [6.07, 6.45) is 0.418. The normalized spacial score (nSPS) is 18.0. The second kappa shape index (κ2) is 7.72. The number of hydrogen-bond donors (Lipinski definition) is 2. The summed E-state index contributed by atoms with van der Waals surface area (Å²) < 4.78 is 30.1. The average molecular weight is 433 g/mol. The molecule has 4 rings (SSSR count). The predicted molar refractivity (Wildman–Crippen MR) is 116 cm³/mol. The zero-order valence-corrected chi connectivity index (χ0v) is 17.9. The first-order valence-electron chi connectivity index (χ1n) is 9.56. The van der Waals surface area contributed by atoms with Gasteiger partial charge in [-0.3, -0.25) is 0 Å². The topological polar surface area (TPSA) is 83.8 Å². The van der Waals surface area contributed by atoms with Gasteiger partial charge >= 0.3 is 0 Å². The van der Waals surface area contributed by atoms with E-state index in [0.717, 1.165) is 27.6 Å². The molecule has 1 aliphatic rings. The van der Waals surface area contributed by atoms with Crippen LogP contribution in [0.1, 0.15) is 24.0 Å². The van der Waals surface area contributed by atoms with Gasteiger partial charge in [-0.1, -0.05) is 12.1 Å². The zero-order chi connectivity index (χ0) is 20.6. The first kappa shape index (κ1) is 20.3. The van der Waals surface area contributed by atoms with E-state index in [9.17, 15) is 18.6 Å². The molecule has 0 bridgehead atoms. The van der Waals surface area contributed by atoms with Gasteiger partial charge in [0.1, 0.15) is 18.0 Å². The lowest BCUT2D eigenvalue weighted by Crippen LogP contribution is -2.43. The molecule has 0 unspecified atom stereocenters. The Bertz CT molecular complexity index is 1130. The van der Waals surface area contributed by atoms with Gasteiger partial charge < -0.3 is 14.9 Å². The van der Waals surface area contributed by atoms with Gasteiger partial charge in [-0.25, -0.2) is 8.42 Å². The number of ether oxygens (including phenoxy) is 1. The summed E-state index contributed by atoms with van der Waals surface area (Å²) in [4.78, 5) is 0. The highest BCUT2D eigenvalue weighted by Gasteiger charge is 2.36. The van der Waals surface area contributed by atoms with E-state index >= 15 is 0 Å². The molecule has 0 atom stereocenters. The summed E-state index contributed by atoms with van der Waals surface area (Å²) >= 11 is 1.67. The highest BCUT2D eigenvalue weighted by atomic mass is 32.2. The lowest BCUT2D eigenvalue weighted by molar-refractivity contribution is -0.0128.